The summed E-state index contributed by atoms with van der Waals surface area (Å²) in [4.78, 5) is 4.28. The lowest BCUT2D eigenvalue weighted by Crippen LogP contribution is -2.12. The molecule has 0 spiro atoms. The average molecular weight is 254 g/mol. The highest BCUT2D eigenvalue weighted by Gasteiger charge is 2.39. The molecule has 2 nitrogen and oxygen atoms in total. The molecule has 2 N–H and O–H groups in total. The van der Waals surface area contributed by atoms with Crippen LogP contribution in [0.5, 0.6) is 0 Å². The molecule has 16 heavy (non-hydrogen) atoms. The average Bonchev–Trinajstić information content (AvgIpc) is 2.91. The minimum atomic E-state index is 0.716. The van der Waals surface area contributed by atoms with Gasteiger partial charge in [0.1, 0.15) is 0 Å². The molecular formula is C12H18N2S2. The fourth-order valence-corrected chi connectivity index (χ4v) is 5.59. The first-order valence-corrected chi connectivity index (χ1v) is 7.88. The number of aromatic nitrogens is 1. The number of hydrogen-bond acceptors (Lipinski definition) is 4. The first-order chi connectivity index (χ1) is 7.72. The van der Waals surface area contributed by atoms with E-state index in [1.807, 2.05) is 11.8 Å². The van der Waals surface area contributed by atoms with Crippen LogP contribution in [-0.4, -0.2) is 10.7 Å². The van der Waals surface area contributed by atoms with Crippen LogP contribution in [-0.2, 0) is 0 Å². The number of aryl methyl sites for hydroxylation is 1. The summed E-state index contributed by atoms with van der Waals surface area (Å²) in [6, 6.07) is 0. The standard InChI is InChI=1S/C12H18N2S2/c1-7-11(16-12(13)14-7)15-6-10-5-8-2-3-9(10)4-8/h8-10H,2-6H2,1H3,(H2,13,14). The number of fused-ring (bicyclic) bond motifs is 2. The number of hydrogen-bond donors (Lipinski definition) is 1. The minimum Gasteiger partial charge on any atom is -0.375 e. The van der Waals surface area contributed by atoms with Crippen molar-refractivity contribution in [2.24, 2.45) is 17.8 Å². The van der Waals surface area contributed by atoms with Gasteiger partial charge in [0.15, 0.2) is 5.13 Å². The van der Waals surface area contributed by atoms with Crippen molar-refractivity contribution >= 4 is 28.2 Å². The van der Waals surface area contributed by atoms with Crippen LogP contribution in [0.2, 0.25) is 0 Å². The van der Waals surface area contributed by atoms with Gasteiger partial charge in [-0.3, -0.25) is 0 Å². The van der Waals surface area contributed by atoms with Gasteiger partial charge in [-0.05, 0) is 43.9 Å². The van der Waals surface area contributed by atoms with E-state index in [1.54, 1.807) is 11.3 Å². The zero-order valence-electron chi connectivity index (χ0n) is 9.61. The second-order valence-corrected chi connectivity index (χ2v) is 7.49. The lowest BCUT2D eigenvalue weighted by molar-refractivity contribution is 0.365. The fourth-order valence-electron chi connectivity index (χ4n) is 3.30. The van der Waals surface area contributed by atoms with E-state index in [0.717, 1.165) is 23.4 Å². The molecule has 3 atom stereocenters. The van der Waals surface area contributed by atoms with Crippen LogP contribution in [0.25, 0.3) is 0 Å². The maximum atomic E-state index is 5.72. The third kappa shape index (κ3) is 1.97. The van der Waals surface area contributed by atoms with Gasteiger partial charge < -0.3 is 5.73 Å². The maximum Gasteiger partial charge on any atom is 0.181 e. The Bertz CT molecular complexity index is 388. The van der Waals surface area contributed by atoms with E-state index in [0.29, 0.717) is 5.13 Å². The number of anilines is 1. The Morgan fingerprint density at radius 2 is 2.31 bits per heavy atom. The van der Waals surface area contributed by atoms with Crippen molar-refractivity contribution in [3.63, 3.8) is 0 Å². The Morgan fingerprint density at radius 1 is 1.44 bits per heavy atom. The quantitative estimate of drug-likeness (QED) is 0.838. The number of thioether (sulfide) groups is 1. The zero-order chi connectivity index (χ0) is 11.1. The highest BCUT2D eigenvalue weighted by molar-refractivity contribution is 8.01. The van der Waals surface area contributed by atoms with E-state index in [-0.39, 0.29) is 0 Å². The summed E-state index contributed by atoms with van der Waals surface area (Å²) in [5, 5.41) is 0.716. The van der Waals surface area contributed by atoms with Crippen molar-refractivity contribution in [3.8, 4) is 0 Å². The van der Waals surface area contributed by atoms with Crippen molar-refractivity contribution < 1.29 is 0 Å². The third-order valence-electron chi connectivity index (χ3n) is 4.08. The molecule has 4 heteroatoms. The largest absolute Gasteiger partial charge is 0.375 e. The third-order valence-corrected chi connectivity index (χ3v) is 6.62. The first kappa shape index (κ1) is 10.9. The zero-order valence-corrected chi connectivity index (χ0v) is 11.2. The van der Waals surface area contributed by atoms with E-state index in [2.05, 4.69) is 11.9 Å². The summed E-state index contributed by atoms with van der Waals surface area (Å²) in [6.45, 7) is 2.07. The predicted octanol–water partition coefficient (Wildman–Crippen LogP) is 3.56. The molecule has 0 amide bonds. The molecule has 0 aliphatic heterocycles. The van der Waals surface area contributed by atoms with Crippen LogP contribution in [0.4, 0.5) is 5.13 Å². The Balaban J connectivity index is 1.59. The molecule has 3 unspecified atom stereocenters. The van der Waals surface area contributed by atoms with Gasteiger partial charge in [-0.25, -0.2) is 4.98 Å². The smallest absolute Gasteiger partial charge is 0.181 e. The van der Waals surface area contributed by atoms with Crippen LogP contribution in [0, 0.1) is 24.7 Å². The summed E-state index contributed by atoms with van der Waals surface area (Å²) in [5.74, 6) is 4.33. The van der Waals surface area contributed by atoms with Crippen molar-refractivity contribution in [2.45, 2.75) is 36.8 Å². The predicted molar refractivity (Wildman–Crippen MR) is 70.9 cm³/mol. The Kier molecular flexibility index (Phi) is 2.88. The highest BCUT2D eigenvalue weighted by atomic mass is 32.2. The first-order valence-electron chi connectivity index (χ1n) is 6.08. The van der Waals surface area contributed by atoms with Crippen LogP contribution >= 0.6 is 23.1 Å². The maximum absolute atomic E-state index is 5.72. The normalized spacial score (nSPS) is 32.4. The molecule has 0 saturated heterocycles. The summed E-state index contributed by atoms with van der Waals surface area (Å²) >= 11 is 3.63. The summed E-state index contributed by atoms with van der Waals surface area (Å²) < 4.78 is 1.33. The van der Waals surface area contributed by atoms with Crippen molar-refractivity contribution in [1.82, 2.24) is 4.98 Å². The van der Waals surface area contributed by atoms with Gasteiger partial charge in [-0.1, -0.05) is 17.8 Å². The Labute approximate surface area is 105 Å². The number of rotatable bonds is 3. The molecule has 2 bridgehead atoms. The Hall–Kier alpha value is -0.220. The Morgan fingerprint density at radius 3 is 2.88 bits per heavy atom. The highest BCUT2D eigenvalue weighted by Crippen LogP contribution is 2.50. The van der Waals surface area contributed by atoms with Gasteiger partial charge >= 0.3 is 0 Å². The molecule has 2 aliphatic rings. The molecule has 3 rings (SSSR count). The number of nitrogens with zero attached hydrogens (tertiary/aromatic N) is 1. The fraction of sp³-hybridized carbons (Fsp3) is 0.750. The molecular weight excluding hydrogens is 236 g/mol. The van der Waals surface area contributed by atoms with Crippen molar-refractivity contribution in [3.05, 3.63) is 5.69 Å². The molecule has 1 aromatic rings. The second-order valence-electron chi connectivity index (χ2n) is 5.17. The van der Waals surface area contributed by atoms with Gasteiger partial charge in [-0.15, -0.1) is 11.8 Å². The van der Waals surface area contributed by atoms with Crippen LogP contribution in [0.15, 0.2) is 4.21 Å². The molecule has 0 radical (unpaired) electrons. The van der Waals surface area contributed by atoms with Gasteiger partial charge in [0, 0.05) is 5.75 Å². The molecule has 1 heterocycles. The minimum absolute atomic E-state index is 0.716. The molecule has 88 valence electrons. The molecule has 0 aromatic carbocycles. The summed E-state index contributed by atoms with van der Waals surface area (Å²) in [7, 11) is 0. The van der Waals surface area contributed by atoms with Gasteiger partial charge in [0.25, 0.3) is 0 Å². The van der Waals surface area contributed by atoms with E-state index in [4.69, 9.17) is 5.73 Å². The molecule has 2 fully saturated rings. The van der Waals surface area contributed by atoms with Gasteiger partial charge in [0.2, 0.25) is 0 Å². The number of nitrogen functional groups attached to an aromatic ring is 1. The van der Waals surface area contributed by atoms with Gasteiger partial charge in [-0.2, -0.15) is 0 Å². The summed E-state index contributed by atoms with van der Waals surface area (Å²) in [5.41, 5.74) is 6.84. The number of nitrogens with two attached hydrogens (primary N) is 1. The van der Waals surface area contributed by atoms with E-state index in [9.17, 15) is 0 Å². The van der Waals surface area contributed by atoms with Crippen molar-refractivity contribution in [1.29, 1.82) is 0 Å². The van der Waals surface area contributed by atoms with Crippen LogP contribution in [0.1, 0.15) is 31.4 Å². The van der Waals surface area contributed by atoms with E-state index < -0.39 is 0 Å². The van der Waals surface area contributed by atoms with Crippen LogP contribution in [0.3, 0.4) is 0 Å². The van der Waals surface area contributed by atoms with E-state index in [1.165, 1.54) is 35.6 Å². The molecule has 2 aliphatic carbocycles. The topological polar surface area (TPSA) is 38.9 Å². The lowest BCUT2D eigenvalue weighted by Gasteiger charge is -2.20. The second kappa shape index (κ2) is 4.22. The van der Waals surface area contributed by atoms with Crippen molar-refractivity contribution in [2.75, 3.05) is 11.5 Å². The molecule has 1 aromatic heterocycles. The van der Waals surface area contributed by atoms with Gasteiger partial charge in [0.05, 0.1) is 9.90 Å². The summed E-state index contributed by atoms with van der Waals surface area (Å²) in [6.07, 6.45) is 5.97. The SMILES string of the molecule is Cc1nc(N)sc1SCC1CC2CCC1C2. The van der Waals surface area contributed by atoms with E-state index >= 15 is 0 Å². The van der Waals surface area contributed by atoms with Crippen LogP contribution < -0.4 is 5.73 Å². The number of thiazole rings is 1. The lowest BCUT2D eigenvalue weighted by atomic mass is 9.90. The molecule has 2 saturated carbocycles. The monoisotopic (exact) mass is 254 g/mol.